The minimum Gasteiger partial charge on any atom is -0.388 e. The Bertz CT molecular complexity index is 516. The van der Waals surface area contributed by atoms with E-state index in [2.05, 4.69) is 81.2 Å². The third-order valence-corrected chi connectivity index (χ3v) is 3.46. The zero-order valence-corrected chi connectivity index (χ0v) is 17.5. The van der Waals surface area contributed by atoms with Gasteiger partial charge in [0.2, 0.25) is 0 Å². The molecule has 1 rings (SSSR count). The highest BCUT2D eigenvalue weighted by atomic mass is 14.8. The summed E-state index contributed by atoms with van der Waals surface area (Å²) < 4.78 is 0. The zero-order valence-electron chi connectivity index (χ0n) is 17.5. The molecule has 0 spiro atoms. The van der Waals surface area contributed by atoms with Crippen LogP contribution in [0.5, 0.6) is 0 Å². The molecule has 1 aromatic rings. The molecule has 0 fully saturated rings. The number of allylic oxidation sites excluding steroid dienone is 5. The van der Waals surface area contributed by atoms with Gasteiger partial charge in [0, 0.05) is 12.7 Å². The number of benzene rings is 1. The first-order chi connectivity index (χ1) is 12.1. The predicted octanol–water partition coefficient (Wildman–Crippen LogP) is 7.64. The SMILES string of the molecule is C/C=C\C=C(\C)CC.C=C(NC)c1ccc(/C=C/CCC)cc1.CC. The summed E-state index contributed by atoms with van der Waals surface area (Å²) in [7, 11) is 1.89. The fourth-order valence-electron chi connectivity index (χ4n) is 1.70. The molecule has 0 aliphatic carbocycles. The molecule has 0 atom stereocenters. The van der Waals surface area contributed by atoms with Gasteiger partial charge in [-0.1, -0.05) is 101 Å². The molecule has 0 saturated carbocycles. The van der Waals surface area contributed by atoms with Gasteiger partial charge in [-0.3, -0.25) is 0 Å². The molecule has 0 saturated heterocycles. The summed E-state index contributed by atoms with van der Waals surface area (Å²) in [6, 6.07) is 8.41. The van der Waals surface area contributed by atoms with Gasteiger partial charge in [-0.25, -0.2) is 0 Å². The quantitative estimate of drug-likeness (QED) is 0.502. The largest absolute Gasteiger partial charge is 0.388 e. The summed E-state index contributed by atoms with van der Waals surface area (Å²) in [5, 5.41) is 3.04. The Balaban J connectivity index is 0. The van der Waals surface area contributed by atoms with Crippen molar-refractivity contribution in [1.29, 1.82) is 0 Å². The molecular weight excluding hydrogens is 302 g/mol. The average molecular weight is 342 g/mol. The van der Waals surface area contributed by atoms with Crippen LogP contribution in [0.3, 0.4) is 0 Å². The van der Waals surface area contributed by atoms with Crippen molar-refractivity contribution in [2.45, 2.75) is 60.8 Å². The summed E-state index contributed by atoms with van der Waals surface area (Å²) in [5.41, 5.74) is 4.78. The second kappa shape index (κ2) is 18.3. The molecule has 140 valence electrons. The smallest absolute Gasteiger partial charge is 0.0338 e. The zero-order chi connectivity index (χ0) is 19.5. The van der Waals surface area contributed by atoms with E-state index in [1.54, 1.807) is 0 Å². The Morgan fingerprint density at radius 3 is 2.16 bits per heavy atom. The molecule has 1 N–H and O–H groups in total. The van der Waals surface area contributed by atoms with Crippen LogP contribution in [0, 0.1) is 0 Å². The van der Waals surface area contributed by atoms with E-state index >= 15 is 0 Å². The van der Waals surface area contributed by atoms with Gasteiger partial charge in [-0.05, 0) is 37.8 Å². The third-order valence-electron chi connectivity index (χ3n) is 3.46. The molecule has 1 nitrogen and oxygen atoms in total. The first kappa shape index (κ1) is 25.2. The van der Waals surface area contributed by atoms with Crippen LogP contribution >= 0.6 is 0 Å². The average Bonchev–Trinajstić information content (AvgIpc) is 2.68. The lowest BCUT2D eigenvalue weighted by Gasteiger charge is -2.04. The van der Waals surface area contributed by atoms with E-state index in [0.717, 1.165) is 24.1 Å². The van der Waals surface area contributed by atoms with Crippen LogP contribution in [-0.4, -0.2) is 7.05 Å². The first-order valence-corrected chi connectivity index (χ1v) is 9.51. The highest BCUT2D eigenvalue weighted by Gasteiger charge is 1.94. The van der Waals surface area contributed by atoms with E-state index in [9.17, 15) is 0 Å². The molecule has 0 heterocycles. The van der Waals surface area contributed by atoms with E-state index in [-0.39, 0.29) is 0 Å². The maximum Gasteiger partial charge on any atom is 0.0338 e. The van der Waals surface area contributed by atoms with Gasteiger partial charge in [-0.2, -0.15) is 0 Å². The van der Waals surface area contributed by atoms with E-state index in [0.29, 0.717) is 0 Å². The van der Waals surface area contributed by atoms with Crippen molar-refractivity contribution in [3.63, 3.8) is 0 Å². The number of rotatable bonds is 7. The van der Waals surface area contributed by atoms with Crippen molar-refractivity contribution in [3.8, 4) is 0 Å². The molecular formula is C24H39N. The van der Waals surface area contributed by atoms with E-state index in [4.69, 9.17) is 0 Å². The van der Waals surface area contributed by atoms with Crippen LogP contribution in [-0.2, 0) is 0 Å². The predicted molar refractivity (Wildman–Crippen MR) is 119 cm³/mol. The van der Waals surface area contributed by atoms with Crippen molar-refractivity contribution >= 4 is 11.8 Å². The number of hydrogen-bond donors (Lipinski definition) is 1. The number of nitrogens with one attached hydrogen (secondary N) is 1. The normalized spacial score (nSPS) is 10.8. The Morgan fingerprint density at radius 2 is 1.72 bits per heavy atom. The number of hydrogen-bond acceptors (Lipinski definition) is 1. The fraction of sp³-hybridized carbons (Fsp3) is 0.417. The lowest BCUT2D eigenvalue weighted by Crippen LogP contribution is -2.02. The lowest BCUT2D eigenvalue weighted by molar-refractivity contribution is 0.962. The molecule has 1 aromatic carbocycles. The van der Waals surface area contributed by atoms with Crippen molar-refractivity contribution in [1.82, 2.24) is 5.32 Å². The van der Waals surface area contributed by atoms with Crippen molar-refractivity contribution < 1.29 is 0 Å². The topological polar surface area (TPSA) is 12.0 Å². The molecule has 1 heteroatoms. The summed E-state index contributed by atoms with van der Waals surface area (Å²) in [5.74, 6) is 0. The Kier molecular flexibility index (Phi) is 18.5. The summed E-state index contributed by atoms with van der Waals surface area (Å²) in [4.78, 5) is 0. The van der Waals surface area contributed by atoms with Crippen molar-refractivity contribution in [2.24, 2.45) is 0 Å². The Hall–Kier alpha value is -2.02. The van der Waals surface area contributed by atoms with Crippen LogP contribution in [0.25, 0.3) is 11.8 Å². The second-order valence-electron chi connectivity index (χ2n) is 5.43. The highest BCUT2D eigenvalue weighted by molar-refractivity contribution is 5.63. The van der Waals surface area contributed by atoms with E-state index in [1.165, 1.54) is 17.6 Å². The lowest BCUT2D eigenvalue weighted by atomic mass is 10.1. The van der Waals surface area contributed by atoms with E-state index < -0.39 is 0 Å². The van der Waals surface area contributed by atoms with Gasteiger partial charge in [0.25, 0.3) is 0 Å². The van der Waals surface area contributed by atoms with Gasteiger partial charge in [0.15, 0.2) is 0 Å². The van der Waals surface area contributed by atoms with Crippen LogP contribution in [0.15, 0.2) is 60.7 Å². The standard InChI is InChI=1S/C14H19N.C8H14.C2H6/c1-4-5-6-7-13-8-10-14(11-9-13)12(2)15-3;1-4-6-7-8(3)5-2;1-2/h6-11,15H,2,4-5H2,1,3H3;4,6-7H,5H2,1-3H3;1-2H3/b7-6+;6-4-,8-7-;. The molecule has 0 aliphatic heterocycles. The van der Waals surface area contributed by atoms with Crippen molar-refractivity contribution in [3.05, 3.63) is 71.8 Å². The molecule has 0 radical (unpaired) electrons. The minimum atomic E-state index is 0.957. The van der Waals surface area contributed by atoms with Crippen LogP contribution in [0.4, 0.5) is 0 Å². The summed E-state index contributed by atoms with van der Waals surface area (Å²) in [6.45, 7) is 16.4. The summed E-state index contributed by atoms with van der Waals surface area (Å²) >= 11 is 0. The minimum absolute atomic E-state index is 0.957. The Morgan fingerprint density at radius 1 is 1.12 bits per heavy atom. The Labute approximate surface area is 157 Å². The molecule has 25 heavy (non-hydrogen) atoms. The van der Waals surface area contributed by atoms with Gasteiger partial charge in [-0.15, -0.1) is 0 Å². The molecule has 0 aromatic heterocycles. The monoisotopic (exact) mass is 341 g/mol. The van der Waals surface area contributed by atoms with E-state index in [1.807, 2.05) is 33.9 Å². The highest BCUT2D eigenvalue weighted by Crippen LogP contribution is 2.11. The molecule has 0 amide bonds. The molecule has 0 bridgehead atoms. The van der Waals surface area contributed by atoms with Gasteiger partial charge >= 0.3 is 0 Å². The number of unbranched alkanes of at least 4 members (excludes halogenated alkanes) is 1. The van der Waals surface area contributed by atoms with Crippen molar-refractivity contribution in [2.75, 3.05) is 7.05 Å². The fourth-order valence-corrected chi connectivity index (χ4v) is 1.70. The maximum absolute atomic E-state index is 3.92. The maximum atomic E-state index is 3.92. The van der Waals surface area contributed by atoms with Gasteiger partial charge in [0.05, 0.1) is 0 Å². The van der Waals surface area contributed by atoms with Crippen LogP contribution in [0.2, 0.25) is 0 Å². The van der Waals surface area contributed by atoms with Crippen LogP contribution < -0.4 is 5.32 Å². The van der Waals surface area contributed by atoms with Gasteiger partial charge in [0.1, 0.15) is 0 Å². The van der Waals surface area contributed by atoms with Crippen LogP contribution in [0.1, 0.15) is 71.9 Å². The van der Waals surface area contributed by atoms with Gasteiger partial charge < -0.3 is 5.32 Å². The molecule has 0 unspecified atom stereocenters. The molecule has 0 aliphatic rings. The third kappa shape index (κ3) is 14.1. The summed E-state index contributed by atoms with van der Waals surface area (Å²) in [6.07, 6.45) is 14.1. The first-order valence-electron chi connectivity index (χ1n) is 9.51. The second-order valence-corrected chi connectivity index (χ2v) is 5.43.